The molecule has 1 aromatic rings. The van der Waals surface area contributed by atoms with Crippen LogP contribution in [0.25, 0.3) is 0 Å². The van der Waals surface area contributed by atoms with Crippen molar-refractivity contribution in [3.63, 3.8) is 0 Å². The van der Waals surface area contributed by atoms with E-state index in [1.807, 2.05) is 4.90 Å². The second-order valence-corrected chi connectivity index (χ2v) is 8.04. The molecule has 2 aliphatic rings. The van der Waals surface area contributed by atoms with Gasteiger partial charge in [0.05, 0.1) is 17.5 Å². The van der Waals surface area contributed by atoms with Gasteiger partial charge in [0.2, 0.25) is 0 Å². The predicted molar refractivity (Wildman–Crippen MR) is 107 cm³/mol. The number of rotatable bonds is 6. The summed E-state index contributed by atoms with van der Waals surface area (Å²) in [5.41, 5.74) is -1.01. The summed E-state index contributed by atoms with van der Waals surface area (Å²) in [6.45, 7) is 3.26. The second kappa shape index (κ2) is 9.68. The van der Waals surface area contributed by atoms with Crippen LogP contribution in [0.5, 0.6) is 0 Å². The molecule has 1 amide bonds. The maximum absolute atomic E-state index is 13.6. The van der Waals surface area contributed by atoms with Gasteiger partial charge in [-0.25, -0.2) is 0 Å². The minimum Gasteiger partial charge on any atom is -0.481 e. The van der Waals surface area contributed by atoms with E-state index in [0.29, 0.717) is 30.6 Å². The molecule has 0 atom stereocenters. The number of benzene rings is 1. The molecule has 2 aliphatic heterocycles. The van der Waals surface area contributed by atoms with Gasteiger partial charge < -0.3 is 20.6 Å². The quantitative estimate of drug-likeness (QED) is 0.650. The maximum atomic E-state index is 13.6. The maximum Gasteiger partial charge on any atom is 0.417 e. The standard InChI is InChI=1S/C21H28F3N3O3/c22-21(23,24)18-13-16(1-2-17(18)20(30)26-10-5-19(28)29)27-11-6-15(7-12-27)14-3-8-25-9-4-14/h1-2,13-15,25H,3-12H2,(H,26,30)(H,28,29). The summed E-state index contributed by atoms with van der Waals surface area (Å²) >= 11 is 0. The first-order chi connectivity index (χ1) is 14.3. The van der Waals surface area contributed by atoms with Gasteiger partial charge in [-0.3, -0.25) is 9.59 Å². The first-order valence-electron chi connectivity index (χ1n) is 10.4. The highest BCUT2D eigenvalue weighted by atomic mass is 19.4. The van der Waals surface area contributed by atoms with Crippen LogP contribution in [0.15, 0.2) is 18.2 Å². The van der Waals surface area contributed by atoms with Crippen molar-refractivity contribution in [3.05, 3.63) is 29.3 Å². The summed E-state index contributed by atoms with van der Waals surface area (Å²) in [6.07, 6.45) is -0.782. The number of aliphatic carboxylic acids is 1. The lowest BCUT2D eigenvalue weighted by Crippen LogP contribution is -2.39. The van der Waals surface area contributed by atoms with E-state index in [9.17, 15) is 22.8 Å². The molecule has 9 heteroatoms. The molecule has 30 heavy (non-hydrogen) atoms. The third-order valence-electron chi connectivity index (χ3n) is 6.13. The van der Waals surface area contributed by atoms with Crippen LogP contribution in [0.3, 0.4) is 0 Å². The average molecular weight is 427 g/mol. The Hall–Kier alpha value is -2.29. The van der Waals surface area contributed by atoms with Gasteiger partial charge in [-0.2, -0.15) is 13.2 Å². The first-order valence-corrected chi connectivity index (χ1v) is 10.4. The Balaban J connectivity index is 1.69. The lowest BCUT2D eigenvalue weighted by Gasteiger charge is -2.39. The number of alkyl halides is 3. The normalized spacial score (nSPS) is 19.0. The van der Waals surface area contributed by atoms with E-state index in [4.69, 9.17) is 5.11 Å². The first kappa shape index (κ1) is 22.4. The van der Waals surface area contributed by atoms with E-state index in [2.05, 4.69) is 10.6 Å². The van der Waals surface area contributed by atoms with E-state index in [-0.39, 0.29) is 13.0 Å². The minimum atomic E-state index is -4.68. The third-order valence-corrected chi connectivity index (χ3v) is 6.13. The summed E-state index contributed by atoms with van der Waals surface area (Å²) in [7, 11) is 0. The number of nitrogens with one attached hydrogen (secondary N) is 2. The fourth-order valence-corrected chi connectivity index (χ4v) is 4.48. The number of piperidine rings is 2. The number of carboxylic acids is 1. The summed E-state index contributed by atoms with van der Waals surface area (Å²) in [5, 5.41) is 14.2. The highest BCUT2D eigenvalue weighted by Crippen LogP contribution is 2.37. The van der Waals surface area contributed by atoms with Gasteiger partial charge >= 0.3 is 12.1 Å². The van der Waals surface area contributed by atoms with Gasteiger partial charge in [0.25, 0.3) is 5.91 Å². The molecule has 166 valence electrons. The molecule has 1 aromatic carbocycles. The smallest absolute Gasteiger partial charge is 0.417 e. The Kier molecular flexibility index (Phi) is 7.23. The molecule has 2 fully saturated rings. The zero-order valence-corrected chi connectivity index (χ0v) is 16.8. The zero-order valence-electron chi connectivity index (χ0n) is 16.8. The predicted octanol–water partition coefficient (Wildman–Crippen LogP) is 3.13. The van der Waals surface area contributed by atoms with Crippen LogP contribution in [-0.2, 0) is 11.0 Å². The molecule has 6 nitrogen and oxygen atoms in total. The monoisotopic (exact) mass is 427 g/mol. The Bertz CT molecular complexity index is 756. The molecule has 0 radical (unpaired) electrons. The van der Waals surface area contributed by atoms with Crippen molar-refractivity contribution in [2.24, 2.45) is 11.8 Å². The van der Waals surface area contributed by atoms with Crippen molar-refractivity contribution in [2.75, 3.05) is 37.6 Å². The fourth-order valence-electron chi connectivity index (χ4n) is 4.48. The molecule has 0 unspecified atom stereocenters. The van der Waals surface area contributed by atoms with Gasteiger partial charge in [0, 0.05) is 25.3 Å². The fraction of sp³-hybridized carbons (Fsp3) is 0.619. The highest BCUT2D eigenvalue weighted by Gasteiger charge is 2.36. The molecule has 3 rings (SSSR count). The van der Waals surface area contributed by atoms with Crippen LogP contribution in [0, 0.1) is 11.8 Å². The topological polar surface area (TPSA) is 81.7 Å². The van der Waals surface area contributed by atoms with E-state index < -0.39 is 29.2 Å². The van der Waals surface area contributed by atoms with Crippen LogP contribution >= 0.6 is 0 Å². The Morgan fingerprint density at radius 1 is 1.10 bits per heavy atom. The number of hydrogen-bond acceptors (Lipinski definition) is 4. The number of carboxylic acid groups (broad SMARTS) is 1. The molecule has 0 spiro atoms. The second-order valence-electron chi connectivity index (χ2n) is 8.04. The van der Waals surface area contributed by atoms with Crippen molar-refractivity contribution in [3.8, 4) is 0 Å². The van der Waals surface area contributed by atoms with Gasteiger partial charge in [0.15, 0.2) is 0 Å². The number of carbonyl (C=O) groups is 2. The minimum absolute atomic E-state index is 0.225. The largest absolute Gasteiger partial charge is 0.481 e. The number of halogens is 3. The lowest BCUT2D eigenvalue weighted by molar-refractivity contribution is -0.138. The van der Waals surface area contributed by atoms with Crippen LogP contribution in [0.2, 0.25) is 0 Å². The molecule has 0 aromatic heterocycles. The Morgan fingerprint density at radius 2 is 1.73 bits per heavy atom. The van der Waals surface area contributed by atoms with Crippen molar-refractivity contribution in [1.29, 1.82) is 0 Å². The number of hydrogen-bond donors (Lipinski definition) is 3. The molecular weight excluding hydrogens is 399 g/mol. The summed E-state index contributed by atoms with van der Waals surface area (Å²) < 4.78 is 40.8. The number of carbonyl (C=O) groups excluding carboxylic acids is 1. The van der Waals surface area contributed by atoms with Crippen molar-refractivity contribution >= 4 is 17.6 Å². The number of nitrogens with zero attached hydrogens (tertiary/aromatic N) is 1. The molecule has 3 N–H and O–H groups in total. The van der Waals surface area contributed by atoms with Crippen LogP contribution in [0.1, 0.15) is 48.0 Å². The molecular formula is C21H28F3N3O3. The van der Waals surface area contributed by atoms with E-state index in [1.165, 1.54) is 6.07 Å². The molecule has 0 aliphatic carbocycles. The van der Waals surface area contributed by atoms with E-state index in [0.717, 1.165) is 44.8 Å². The van der Waals surface area contributed by atoms with Crippen LogP contribution in [-0.4, -0.2) is 49.7 Å². The summed E-state index contributed by atoms with van der Waals surface area (Å²) in [4.78, 5) is 24.7. The Morgan fingerprint density at radius 3 is 2.33 bits per heavy atom. The molecule has 0 bridgehead atoms. The molecule has 2 saturated heterocycles. The average Bonchev–Trinajstić information content (AvgIpc) is 2.73. The van der Waals surface area contributed by atoms with Crippen molar-refractivity contribution in [1.82, 2.24) is 10.6 Å². The van der Waals surface area contributed by atoms with Gasteiger partial charge in [-0.05, 0) is 68.8 Å². The highest BCUT2D eigenvalue weighted by molar-refractivity contribution is 5.96. The Labute approximate surface area is 173 Å². The summed E-state index contributed by atoms with van der Waals surface area (Å²) in [5.74, 6) is -0.741. The molecule has 2 heterocycles. The molecule has 0 saturated carbocycles. The van der Waals surface area contributed by atoms with E-state index in [1.54, 1.807) is 6.07 Å². The van der Waals surface area contributed by atoms with Crippen molar-refractivity contribution in [2.45, 2.75) is 38.3 Å². The SMILES string of the molecule is O=C(O)CCNC(=O)c1ccc(N2CCC(C3CCNCC3)CC2)cc1C(F)(F)F. The number of anilines is 1. The summed E-state index contributed by atoms with van der Waals surface area (Å²) in [6, 6.07) is 3.77. The number of amides is 1. The van der Waals surface area contributed by atoms with Gasteiger partial charge in [-0.1, -0.05) is 0 Å². The van der Waals surface area contributed by atoms with Crippen LogP contribution < -0.4 is 15.5 Å². The van der Waals surface area contributed by atoms with Crippen LogP contribution in [0.4, 0.5) is 18.9 Å². The van der Waals surface area contributed by atoms with E-state index >= 15 is 0 Å². The van der Waals surface area contributed by atoms with Gasteiger partial charge in [-0.15, -0.1) is 0 Å². The zero-order chi connectivity index (χ0) is 21.7. The van der Waals surface area contributed by atoms with Gasteiger partial charge in [0.1, 0.15) is 0 Å². The third kappa shape index (κ3) is 5.65. The van der Waals surface area contributed by atoms with Crippen molar-refractivity contribution < 1.29 is 27.9 Å². The lowest BCUT2D eigenvalue weighted by atomic mass is 9.79.